The zero-order valence-electron chi connectivity index (χ0n) is 16.5. The largest absolute Gasteiger partial charge is 0.497 e. The second-order valence-corrected chi connectivity index (χ2v) is 6.72. The van der Waals surface area contributed by atoms with E-state index in [-0.39, 0.29) is 24.2 Å². The van der Waals surface area contributed by atoms with Gasteiger partial charge in [-0.2, -0.15) is 0 Å². The molecule has 0 N–H and O–H groups in total. The molecule has 0 bridgehead atoms. The van der Waals surface area contributed by atoms with Crippen LogP contribution < -0.4 is 4.74 Å². The molecule has 146 valence electrons. The van der Waals surface area contributed by atoms with Gasteiger partial charge in [-0.3, -0.25) is 4.79 Å². The Morgan fingerprint density at radius 1 is 1.14 bits per heavy atom. The summed E-state index contributed by atoms with van der Waals surface area (Å²) in [5.41, 5.74) is 3.08. The summed E-state index contributed by atoms with van der Waals surface area (Å²) in [4.78, 5) is 27.4. The molecule has 5 heteroatoms. The molecule has 2 aromatic carbocycles. The molecule has 28 heavy (non-hydrogen) atoms. The van der Waals surface area contributed by atoms with Crippen molar-refractivity contribution in [2.24, 2.45) is 0 Å². The summed E-state index contributed by atoms with van der Waals surface area (Å²) in [5.74, 6) is 0.0601. The fraction of sp³-hybridized carbons (Fsp3) is 0.304. The number of hydrogen-bond acceptors (Lipinski definition) is 4. The maximum Gasteiger partial charge on any atom is 0.336 e. The van der Waals surface area contributed by atoms with Crippen LogP contribution in [0, 0.1) is 0 Å². The molecule has 3 rings (SSSR count). The van der Waals surface area contributed by atoms with Crippen molar-refractivity contribution in [2.45, 2.75) is 32.7 Å². The van der Waals surface area contributed by atoms with Crippen molar-refractivity contribution in [1.82, 2.24) is 4.90 Å². The second-order valence-electron chi connectivity index (χ2n) is 6.72. The molecule has 0 saturated heterocycles. The standard InChI is InChI=1S/C23H25NO4/c1-4-28-23(26)22-16(2)24(15-17-9-8-12-19(13-17)27-3)21(25)14-20(22)18-10-6-5-7-11-18/h5-13,20H,4,14-15H2,1-3H3/t20-/m1/s1. The summed E-state index contributed by atoms with van der Waals surface area (Å²) in [6, 6.07) is 17.2. The Kier molecular flexibility index (Phi) is 6.14. The molecule has 0 aromatic heterocycles. The molecule has 1 atom stereocenters. The number of carbonyl (C=O) groups excluding carboxylic acids is 2. The van der Waals surface area contributed by atoms with E-state index in [1.807, 2.05) is 61.5 Å². The monoisotopic (exact) mass is 379 g/mol. The van der Waals surface area contributed by atoms with Crippen LogP contribution in [0.4, 0.5) is 0 Å². The number of hydrogen-bond donors (Lipinski definition) is 0. The summed E-state index contributed by atoms with van der Waals surface area (Å²) >= 11 is 0. The molecule has 1 amide bonds. The topological polar surface area (TPSA) is 55.8 Å². The molecule has 0 radical (unpaired) electrons. The van der Waals surface area contributed by atoms with Gasteiger partial charge >= 0.3 is 5.97 Å². The Labute approximate surface area is 165 Å². The third-order valence-electron chi connectivity index (χ3n) is 5.00. The van der Waals surface area contributed by atoms with Crippen LogP contribution in [0.25, 0.3) is 0 Å². The van der Waals surface area contributed by atoms with Gasteiger partial charge in [0.2, 0.25) is 5.91 Å². The highest BCUT2D eigenvalue weighted by molar-refractivity contribution is 5.95. The minimum absolute atomic E-state index is 0.0118. The SMILES string of the molecule is CCOC(=O)C1=C(C)N(Cc2cccc(OC)c2)C(=O)C[C@@H]1c1ccccc1. The van der Waals surface area contributed by atoms with Crippen molar-refractivity contribution < 1.29 is 19.1 Å². The minimum atomic E-state index is -0.364. The van der Waals surface area contributed by atoms with E-state index in [0.29, 0.717) is 24.4 Å². The number of rotatable bonds is 6. The van der Waals surface area contributed by atoms with Crippen LogP contribution in [-0.2, 0) is 20.9 Å². The highest BCUT2D eigenvalue weighted by Gasteiger charge is 2.36. The number of ether oxygens (including phenoxy) is 2. The minimum Gasteiger partial charge on any atom is -0.497 e. The van der Waals surface area contributed by atoms with Crippen LogP contribution in [0.2, 0.25) is 0 Å². The number of esters is 1. The van der Waals surface area contributed by atoms with E-state index in [4.69, 9.17) is 9.47 Å². The van der Waals surface area contributed by atoms with Crippen LogP contribution in [0.3, 0.4) is 0 Å². The van der Waals surface area contributed by atoms with Crippen LogP contribution >= 0.6 is 0 Å². The summed E-state index contributed by atoms with van der Waals surface area (Å²) in [6.45, 7) is 4.28. The molecule has 1 aliphatic rings. The molecule has 5 nitrogen and oxygen atoms in total. The van der Waals surface area contributed by atoms with E-state index in [2.05, 4.69) is 0 Å². The number of allylic oxidation sites excluding steroid dienone is 1. The van der Waals surface area contributed by atoms with Crippen molar-refractivity contribution in [2.75, 3.05) is 13.7 Å². The van der Waals surface area contributed by atoms with Gasteiger partial charge in [0.25, 0.3) is 0 Å². The second kappa shape index (κ2) is 8.74. The van der Waals surface area contributed by atoms with Gasteiger partial charge in [0.15, 0.2) is 0 Å². The van der Waals surface area contributed by atoms with E-state index in [1.54, 1.807) is 18.9 Å². The van der Waals surface area contributed by atoms with Crippen molar-refractivity contribution in [3.8, 4) is 5.75 Å². The number of nitrogens with zero attached hydrogens (tertiary/aromatic N) is 1. The van der Waals surface area contributed by atoms with Crippen molar-refractivity contribution >= 4 is 11.9 Å². The summed E-state index contributed by atoms with van der Waals surface area (Å²) in [7, 11) is 1.61. The van der Waals surface area contributed by atoms with Crippen LogP contribution in [0.15, 0.2) is 65.9 Å². The Morgan fingerprint density at radius 3 is 2.57 bits per heavy atom. The molecule has 1 aliphatic heterocycles. The Bertz CT molecular complexity index is 888. The third kappa shape index (κ3) is 4.09. The van der Waals surface area contributed by atoms with Gasteiger partial charge in [0.05, 0.1) is 25.8 Å². The first-order valence-corrected chi connectivity index (χ1v) is 9.41. The fourth-order valence-corrected chi connectivity index (χ4v) is 3.60. The maximum atomic E-state index is 13.0. The van der Waals surface area contributed by atoms with E-state index in [1.165, 1.54) is 0 Å². The molecule has 0 saturated carbocycles. The average Bonchev–Trinajstić information content (AvgIpc) is 2.71. The fourth-order valence-electron chi connectivity index (χ4n) is 3.60. The Balaban J connectivity index is 2.00. The third-order valence-corrected chi connectivity index (χ3v) is 5.00. The molecule has 0 fully saturated rings. The van der Waals surface area contributed by atoms with Crippen LogP contribution in [0.5, 0.6) is 5.75 Å². The molecule has 0 unspecified atom stereocenters. The first-order chi connectivity index (χ1) is 13.5. The molecular weight excluding hydrogens is 354 g/mol. The van der Waals surface area contributed by atoms with Gasteiger partial charge in [-0.05, 0) is 37.1 Å². The normalized spacial score (nSPS) is 16.9. The maximum absolute atomic E-state index is 13.0. The number of benzene rings is 2. The average molecular weight is 379 g/mol. The van der Waals surface area contributed by atoms with Crippen LogP contribution in [-0.4, -0.2) is 30.5 Å². The van der Waals surface area contributed by atoms with E-state index < -0.39 is 0 Å². The lowest BCUT2D eigenvalue weighted by Gasteiger charge is -2.34. The van der Waals surface area contributed by atoms with Gasteiger partial charge in [-0.1, -0.05) is 42.5 Å². The first kappa shape index (κ1) is 19.7. The Hall–Kier alpha value is -3.08. The molecule has 2 aromatic rings. The lowest BCUT2D eigenvalue weighted by molar-refractivity contribution is -0.140. The zero-order valence-corrected chi connectivity index (χ0v) is 16.5. The van der Waals surface area contributed by atoms with Crippen molar-refractivity contribution in [1.29, 1.82) is 0 Å². The molecule has 0 aliphatic carbocycles. The predicted octanol–water partition coefficient (Wildman–Crippen LogP) is 4.05. The number of carbonyl (C=O) groups is 2. The van der Waals surface area contributed by atoms with Crippen molar-refractivity contribution in [3.63, 3.8) is 0 Å². The molecular formula is C23H25NO4. The van der Waals surface area contributed by atoms with E-state index >= 15 is 0 Å². The quantitative estimate of drug-likeness (QED) is 0.711. The summed E-state index contributed by atoms with van der Waals surface area (Å²) < 4.78 is 10.6. The van der Waals surface area contributed by atoms with Crippen LogP contribution in [0.1, 0.15) is 37.3 Å². The van der Waals surface area contributed by atoms with Gasteiger partial charge in [0, 0.05) is 18.0 Å². The lowest BCUT2D eigenvalue weighted by atomic mass is 9.83. The highest BCUT2D eigenvalue weighted by Crippen LogP contribution is 2.37. The molecule has 0 spiro atoms. The number of methoxy groups -OCH3 is 1. The smallest absolute Gasteiger partial charge is 0.336 e. The van der Waals surface area contributed by atoms with Gasteiger partial charge in [-0.25, -0.2) is 4.79 Å². The summed E-state index contributed by atoms with van der Waals surface area (Å²) in [6.07, 6.45) is 0.236. The van der Waals surface area contributed by atoms with Gasteiger partial charge < -0.3 is 14.4 Å². The zero-order chi connectivity index (χ0) is 20.1. The predicted molar refractivity (Wildman–Crippen MR) is 107 cm³/mol. The van der Waals surface area contributed by atoms with Gasteiger partial charge in [-0.15, -0.1) is 0 Å². The van der Waals surface area contributed by atoms with Crippen molar-refractivity contribution in [3.05, 3.63) is 77.0 Å². The molecule has 1 heterocycles. The van der Waals surface area contributed by atoms with E-state index in [0.717, 1.165) is 16.9 Å². The lowest BCUT2D eigenvalue weighted by Crippen LogP contribution is -2.38. The van der Waals surface area contributed by atoms with E-state index in [9.17, 15) is 9.59 Å². The van der Waals surface area contributed by atoms with Gasteiger partial charge in [0.1, 0.15) is 5.75 Å². The number of amides is 1. The highest BCUT2D eigenvalue weighted by atomic mass is 16.5. The first-order valence-electron chi connectivity index (χ1n) is 9.41. The Morgan fingerprint density at radius 2 is 1.89 bits per heavy atom. The summed E-state index contributed by atoms with van der Waals surface area (Å²) in [5, 5.41) is 0.